The zero-order valence-corrected chi connectivity index (χ0v) is 13.9. The van der Waals surface area contributed by atoms with Gasteiger partial charge in [-0.05, 0) is 47.3 Å². The summed E-state index contributed by atoms with van der Waals surface area (Å²) in [6.45, 7) is 2.99. The van der Waals surface area contributed by atoms with E-state index < -0.39 is 0 Å². The predicted octanol–water partition coefficient (Wildman–Crippen LogP) is 5.60. The van der Waals surface area contributed by atoms with Gasteiger partial charge in [0.05, 0.1) is 4.47 Å². The minimum atomic E-state index is -0.0968. The van der Waals surface area contributed by atoms with Crippen molar-refractivity contribution in [3.05, 3.63) is 34.1 Å². The van der Waals surface area contributed by atoms with E-state index in [1.807, 2.05) is 12.1 Å². The monoisotopic (exact) mass is 341 g/mol. The van der Waals surface area contributed by atoms with Crippen molar-refractivity contribution >= 4 is 15.9 Å². The molecule has 3 heteroatoms. The van der Waals surface area contributed by atoms with Crippen LogP contribution in [0.15, 0.2) is 22.7 Å². The van der Waals surface area contributed by atoms with E-state index >= 15 is 0 Å². The fourth-order valence-corrected chi connectivity index (χ4v) is 3.71. The molecule has 1 atom stereocenters. The van der Waals surface area contributed by atoms with Gasteiger partial charge in [-0.2, -0.15) is 0 Å². The van der Waals surface area contributed by atoms with Crippen LogP contribution in [-0.2, 0) is 0 Å². The Morgan fingerprint density at radius 3 is 2.50 bits per heavy atom. The zero-order valence-electron chi connectivity index (χ0n) is 12.3. The van der Waals surface area contributed by atoms with E-state index in [4.69, 9.17) is 0 Å². The summed E-state index contributed by atoms with van der Waals surface area (Å²) in [5.41, 5.74) is 0.826. The Labute approximate surface area is 130 Å². The summed E-state index contributed by atoms with van der Waals surface area (Å²) >= 11 is 3.31. The lowest BCUT2D eigenvalue weighted by Gasteiger charge is -2.30. The number of hydrogen-bond acceptors (Lipinski definition) is 1. The van der Waals surface area contributed by atoms with Gasteiger partial charge in [0.2, 0.25) is 0 Å². The van der Waals surface area contributed by atoms with Crippen molar-refractivity contribution in [3.63, 3.8) is 0 Å². The van der Waals surface area contributed by atoms with Crippen molar-refractivity contribution in [3.8, 4) is 0 Å². The van der Waals surface area contributed by atoms with Gasteiger partial charge < -0.3 is 5.32 Å². The molecule has 1 fully saturated rings. The highest BCUT2D eigenvalue weighted by molar-refractivity contribution is 9.10. The highest BCUT2D eigenvalue weighted by Crippen LogP contribution is 2.35. The van der Waals surface area contributed by atoms with Crippen LogP contribution in [0, 0.1) is 11.7 Å². The van der Waals surface area contributed by atoms with Crippen LogP contribution in [0.1, 0.15) is 63.5 Å². The van der Waals surface area contributed by atoms with Crippen LogP contribution in [0.2, 0.25) is 0 Å². The van der Waals surface area contributed by atoms with Crippen molar-refractivity contribution in [2.24, 2.45) is 5.92 Å². The summed E-state index contributed by atoms with van der Waals surface area (Å²) in [5.74, 6) is 0.458. The third kappa shape index (κ3) is 4.05. The first-order valence-electron chi connectivity index (χ1n) is 7.91. The maximum atomic E-state index is 14.4. The van der Waals surface area contributed by atoms with Gasteiger partial charge in [-0.15, -0.1) is 0 Å². The summed E-state index contributed by atoms with van der Waals surface area (Å²) in [6, 6.07) is 5.80. The summed E-state index contributed by atoms with van der Waals surface area (Å²) < 4.78 is 15.0. The predicted molar refractivity (Wildman–Crippen MR) is 86.3 cm³/mol. The smallest absolute Gasteiger partial charge is 0.142 e. The van der Waals surface area contributed by atoms with Crippen LogP contribution in [0.4, 0.5) is 4.39 Å². The molecule has 1 unspecified atom stereocenters. The van der Waals surface area contributed by atoms with Gasteiger partial charge >= 0.3 is 0 Å². The molecule has 20 heavy (non-hydrogen) atoms. The van der Waals surface area contributed by atoms with Crippen molar-refractivity contribution in [2.75, 3.05) is 6.54 Å². The summed E-state index contributed by atoms with van der Waals surface area (Å²) in [5, 5.41) is 3.52. The quantitative estimate of drug-likeness (QED) is 0.751. The van der Waals surface area contributed by atoms with Crippen LogP contribution in [0.3, 0.4) is 0 Å². The molecule has 0 aliphatic heterocycles. The topological polar surface area (TPSA) is 12.0 Å². The second-order valence-electron chi connectivity index (χ2n) is 5.78. The van der Waals surface area contributed by atoms with Gasteiger partial charge in [0.25, 0.3) is 0 Å². The minimum Gasteiger partial charge on any atom is -0.310 e. The molecule has 0 heterocycles. The molecule has 0 spiro atoms. The first-order chi connectivity index (χ1) is 9.74. The molecule has 0 aromatic heterocycles. The van der Waals surface area contributed by atoms with Crippen LogP contribution in [0.25, 0.3) is 0 Å². The molecule has 112 valence electrons. The fraction of sp³-hybridized carbons (Fsp3) is 0.647. The van der Waals surface area contributed by atoms with E-state index in [2.05, 4.69) is 28.2 Å². The molecule has 1 nitrogen and oxygen atoms in total. The van der Waals surface area contributed by atoms with Crippen LogP contribution >= 0.6 is 15.9 Å². The third-order valence-electron chi connectivity index (χ3n) is 4.36. The lowest BCUT2D eigenvalue weighted by atomic mass is 9.82. The average Bonchev–Trinajstić information content (AvgIpc) is 2.40. The van der Waals surface area contributed by atoms with Crippen molar-refractivity contribution in [1.29, 1.82) is 0 Å². The third-order valence-corrected chi connectivity index (χ3v) is 4.97. The van der Waals surface area contributed by atoms with E-state index in [0.717, 1.165) is 12.1 Å². The first-order valence-corrected chi connectivity index (χ1v) is 8.70. The Kier molecular flexibility index (Phi) is 6.50. The average molecular weight is 342 g/mol. The largest absolute Gasteiger partial charge is 0.310 e. The highest BCUT2D eigenvalue weighted by atomic mass is 79.9. The molecule has 0 bridgehead atoms. The lowest BCUT2D eigenvalue weighted by Crippen LogP contribution is -2.29. The molecule has 1 aliphatic carbocycles. The molecular formula is C17H25BrFN. The maximum absolute atomic E-state index is 14.4. The van der Waals surface area contributed by atoms with Crippen LogP contribution in [0.5, 0.6) is 0 Å². The maximum Gasteiger partial charge on any atom is 0.142 e. The van der Waals surface area contributed by atoms with Crippen molar-refractivity contribution < 1.29 is 4.39 Å². The van der Waals surface area contributed by atoms with Crippen LogP contribution in [-0.4, -0.2) is 6.54 Å². The van der Waals surface area contributed by atoms with Gasteiger partial charge in [0.15, 0.2) is 0 Å². The van der Waals surface area contributed by atoms with E-state index in [9.17, 15) is 4.39 Å². The summed E-state index contributed by atoms with van der Waals surface area (Å²) in [6.07, 6.45) is 9.01. The Hall–Kier alpha value is -0.410. The second kappa shape index (κ2) is 8.14. The lowest BCUT2D eigenvalue weighted by molar-refractivity contribution is 0.286. The van der Waals surface area contributed by atoms with E-state index in [1.165, 1.54) is 44.9 Å². The standard InChI is InChI=1S/C17H25BrFN/c1-2-20-17(13-9-6-4-3-5-7-10-13)14-11-8-12-15(18)16(14)19/h8,11-13,17,20H,2-7,9-10H2,1H3. The minimum absolute atomic E-state index is 0.0968. The van der Waals surface area contributed by atoms with Gasteiger partial charge in [-0.1, -0.05) is 51.2 Å². The molecule has 0 saturated heterocycles. The Bertz CT molecular complexity index is 413. The van der Waals surface area contributed by atoms with Gasteiger partial charge in [0, 0.05) is 11.6 Å². The molecule has 2 rings (SSSR count). The molecule has 1 saturated carbocycles. The van der Waals surface area contributed by atoms with E-state index in [1.54, 1.807) is 6.07 Å². The summed E-state index contributed by atoms with van der Waals surface area (Å²) in [4.78, 5) is 0. The molecule has 1 aliphatic rings. The number of nitrogens with one attached hydrogen (secondary N) is 1. The molecule has 1 N–H and O–H groups in total. The Morgan fingerprint density at radius 2 is 1.85 bits per heavy atom. The zero-order chi connectivity index (χ0) is 14.4. The molecular weight excluding hydrogens is 317 g/mol. The van der Waals surface area contributed by atoms with E-state index in [0.29, 0.717) is 10.4 Å². The van der Waals surface area contributed by atoms with E-state index in [-0.39, 0.29) is 11.9 Å². The number of hydrogen-bond donors (Lipinski definition) is 1. The number of benzene rings is 1. The van der Waals surface area contributed by atoms with Crippen LogP contribution < -0.4 is 5.32 Å². The Balaban J connectivity index is 2.22. The van der Waals surface area contributed by atoms with Gasteiger partial charge in [-0.3, -0.25) is 0 Å². The van der Waals surface area contributed by atoms with Crippen molar-refractivity contribution in [1.82, 2.24) is 5.32 Å². The van der Waals surface area contributed by atoms with Gasteiger partial charge in [0.1, 0.15) is 5.82 Å². The molecule has 1 aromatic rings. The number of halogens is 2. The number of rotatable bonds is 4. The fourth-order valence-electron chi connectivity index (χ4n) is 3.33. The Morgan fingerprint density at radius 1 is 1.20 bits per heavy atom. The van der Waals surface area contributed by atoms with Crippen molar-refractivity contribution in [2.45, 2.75) is 57.9 Å². The summed E-state index contributed by atoms with van der Waals surface area (Å²) in [7, 11) is 0. The molecule has 1 aromatic carbocycles. The van der Waals surface area contributed by atoms with Gasteiger partial charge in [-0.25, -0.2) is 4.39 Å². The first kappa shape index (κ1) is 16.0. The molecule has 0 radical (unpaired) electrons. The second-order valence-corrected chi connectivity index (χ2v) is 6.64. The molecule has 0 amide bonds. The normalized spacial score (nSPS) is 19.4. The highest BCUT2D eigenvalue weighted by Gasteiger charge is 2.25. The SMILES string of the molecule is CCNC(c1cccc(Br)c1F)C1CCCCCCC1.